The Kier molecular flexibility index (Phi) is 10.5. The number of hydrogen-bond acceptors (Lipinski definition) is 4. The lowest BCUT2D eigenvalue weighted by Gasteiger charge is -2.29. The number of hydrogen-bond donors (Lipinski definition) is 1. The summed E-state index contributed by atoms with van der Waals surface area (Å²) in [5, 5.41) is 2.90. The summed E-state index contributed by atoms with van der Waals surface area (Å²) in [6.45, 7) is 7.05. The molecule has 0 heterocycles. The van der Waals surface area contributed by atoms with Crippen molar-refractivity contribution in [2.24, 2.45) is 0 Å². The minimum absolute atomic E-state index is 0.131. The van der Waals surface area contributed by atoms with Crippen molar-refractivity contribution in [3.05, 3.63) is 35.4 Å². The second kappa shape index (κ2) is 12.3. The van der Waals surface area contributed by atoms with Crippen LogP contribution in [0.3, 0.4) is 0 Å². The number of Topliss-reactive ketones (excluding diaryl/α,β-unsaturated/α-hetero) is 1. The maximum absolute atomic E-state index is 12.1. The highest BCUT2D eigenvalue weighted by molar-refractivity contribution is 5.96. The second-order valence-corrected chi connectivity index (χ2v) is 7.81. The molecule has 1 rings (SSSR count). The van der Waals surface area contributed by atoms with Crippen molar-refractivity contribution in [2.75, 3.05) is 6.61 Å². The summed E-state index contributed by atoms with van der Waals surface area (Å²) in [6, 6.07) is 7.90. The molecule has 0 aromatic heterocycles. The quantitative estimate of drug-likeness (QED) is 0.303. The number of ether oxygens (including phenoxy) is 1. The van der Waals surface area contributed by atoms with E-state index in [0.717, 1.165) is 50.5 Å². The fourth-order valence-corrected chi connectivity index (χ4v) is 3.24. The van der Waals surface area contributed by atoms with Crippen LogP contribution < -0.4 is 5.32 Å². The molecule has 0 aliphatic heterocycles. The van der Waals surface area contributed by atoms with Gasteiger partial charge in [0.1, 0.15) is 6.61 Å². The Morgan fingerprint density at radius 3 is 2.25 bits per heavy atom. The molecule has 0 aliphatic rings. The molecular formula is C23H35NO4. The van der Waals surface area contributed by atoms with Crippen LogP contribution in [0.25, 0.3) is 0 Å². The number of nitrogens with one attached hydrogen (secondary N) is 1. The molecule has 5 heteroatoms. The number of unbranched alkanes of at least 4 members (excludes halogenated alkanes) is 3. The van der Waals surface area contributed by atoms with Gasteiger partial charge in [-0.25, -0.2) is 0 Å². The van der Waals surface area contributed by atoms with Crippen molar-refractivity contribution in [2.45, 2.75) is 84.6 Å². The highest BCUT2D eigenvalue weighted by atomic mass is 16.5. The van der Waals surface area contributed by atoms with Crippen LogP contribution in [-0.2, 0) is 20.7 Å². The van der Waals surface area contributed by atoms with E-state index < -0.39 is 5.54 Å². The van der Waals surface area contributed by atoms with Gasteiger partial charge in [0.15, 0.2) is 5.78 Å². The number of ketones is 1. The number of aryl methyl sites for hydroxylation is 1. The van der Waals surface area contributed by atoms with Crippen LogP contribution in [-0.4, -0.2) is 29.8 Å². The van der Waals surface area contributed by atoms with E-state index in [1.54, 1.807) is 0 Å². The number of amides is 1. The van der Waals surface area contributed by atoms with Crippen LogP contribution in [0.15, 0.2) is 24.3 Å². The molecule has 28 heavy (non-hydrogen) atoms. The average Bonchev–Trinajstić information content (AvgIpc) is 2.64. The summed E-state index contributed by atoms with van der Waals surface area (Å²) in [7, 11) is 0. The van der Waals surface area contributed by atoms with Crippen molar-refractivity contribution in [1.29, 1.82) is 0 Å². The number of rotatable bonds is 13. The summed E-state index contributed by atoms with van der Waals surface area (Å²) in [6.07, 6.45) is 7.29. The van der Waals surface area contributed by atoms with Crippen molar-refractivity contribution in [3.8, 4) is 0 Å². The second-order valence-electron chi connectivity index (χ2n) is 7.81. The first kappa shape index (κ1) is 23.9. The summed E-state index contributed by atoms with van der Waals surface area (Å²) < 4.78 is 5.11. The highest BCUT2D eigenvalue weighted by Crippen LogP contribution is 2.17. The van der Waals surface area contributed by atoms with Crippen molar-refractivity contribution < 1.29 is 19.1 Å². The molecule has 156 valence electrons. The Morgan fingerprint density at radius 2 is 1.68 bits per heavy atom. The van der Waals surface area contributed by atoms with E-state index in [1.165, 1.54) is 19.4 Å². The number of carbonyl (C=O) groups excluding carboxylic acids is 3. The van der Waals surface area contributed by atoms with Crippen molar-refractivity contribution in [1.82, 2.24) is 5.32 Å². The summed E-state index contributed by atoms with van der Waals surface area (Å²) >= 11 is 0. The predicted octanol–water partition coefficient (Wildman–Crippen LogP) is 4.62. The summed E-state index contributed by atoms with van der Waals surface area (Å²) in [5.74, 6) is -0.258. The third-order valence-corrected chi connectivity index (χ3v) is 4.80. The Bertz CT molecular complexity index is 639. The zero-order valence-electron chi connectivity index (χ0n) is 17.8. The molecule has 1 aromatic carbocycles. The number of benzene rings is 1. The van der Waals surface area contributed by atoms with Gasteiger partial charge in [0, 0.05) is 25.8 Å². The molecule has 0 aliphatic carbocycles. The first-order valence-electron chi connectivity index (χ1n) is 10.3. The lowest BCUT2D eigenvalue weighted by Crippen LogP contribution is -2.49. The van der Waals surface area contributed by atoms with Gasteiger partial charge in [-0.05, 0) is 38.2 Å². The Hall–Kier alpha value is -2.17. The van der Waals surface area contributed by atoms with Gasteiger partial charge in [-0.2, -0.15) is 0 Å². The van der Waals surface area contributed by atoms with Gasteiger partial charge in [-0.3, -0.25) is 14.4 Å². The molecular weight excluding hydrogens is 354 g/mol. The first-order chi connectivity index (χ1) is 13.3. The molecule has 1 atom stereocenters. The number of esters is 1. The van der Waals surface area contributed by atoms with Gasteiger partial charge >= 0.3 is 5.97 Å². The van der Waals surface area contributed by atoms with Gasteiger partial charge in [0.2, 0.25) is 5.91 Å². The molecule has 1 unspecified atom stereocenters. The highest BCUT2D eigenvalue weighted by Gasteiger charge is 2.26. The van der Waals surface area contributed by atoms with E-state index in [1.807, 2.05) is 31.2 Å². The van der Waals surface area contributed by atoms with Gasteiger partial charge < -0.3 is 10.1 Å². The number of carbonyl (C=O) groups is 3. The van der Waals surface area contributed by atoms with Gasteiger partial charge in [-0.1, -0.05) is 50.5 Å². The van der Waals surface area contributed by atoms with Crippen molar-refractivity contribution >= 4 is 17.7 Å². The molecule has 0 saturated heterocycles. The van der Waals surface area contributed by atoms with Crippen LogP contribution >= 0.6 is 0 Å². The zero-order valence-corrected chi connectivity index (χ0v) is 17.8. The minimum atomic E-state index is -0.549. The lowest BCUT2D eigenvalue weighted by molar-refractivity contribution is -0.144. The topological polar surface area (TPSA) is 72.5 Å². The van der Waals surface area contributed by atoms with Crippen LogP contribution in [0.4, 0.5) is 0 Å². The molecule has 0 fully saturated rings. The maximum Gasteiger partial charge on any atom is 0.302 e. The van der Waals surface area contributed by atoms with E-state index >= 15 is 0 Å². The third-order valence-electron chi connectivity index (χ3n) is 4.80. The minimum Gasteiger partial charge on any atom is -0.463 e. The summed E-state index contributed by atoms with van der Waals surface area (Å²) in [4.78, 5) is 34.7. The first-order valence-corrected chi connectivity index (χ1v) is 10.3. The van der Waals surface area contributed by atoms with Gasteiger partial charge in [0.05, 0.1) is 5.54 Å². The van der Waals surface area contributed by atoms with Crippen LogP contribution in [0.1, 0.15) is 88.6 Å². The van der Waals surface area contributed by atoms with E-state index in [0.29, 0.717) is 6.42 Å². The Balaban J connectivity index is 2.45. The fraction of sp³-hybridized carbons (Fsp3) is 0.609. The van der Waals surface area contributed by atoms with Crippen LogP contribution in [0, 0.1) is 0 Å². The fourth-order valence-electron chi connectivity index (χ4n) is 3.24. The van der Waals surface area contributed by atoms with E-state index in [9.17, 15) is 14.4 Å². The lowest BCUT2D eigenvalue weighted by atomic mass is 9.94. The molecule has 5 nitrogen and oxygen atoms in total. The third kappa shape index (κ3) is 9.67. The maximum atomic E-state index is 12.1. The molecule has 0 saturated carbocycles. The monoisotopic (exact) mass is 389 g/mol. The van der Waals surface area contributed by atoms with Crippen LogP contribution in [0.5, 0.6) is 0 Å². The van der Waals surface area contributed by atoms with E-state index in [4.69, 9.17) is 4.74 Å². The Morgan fingerprint density at radius 1 is 1.00 bits per heavy atom. The largest absolute Gasteiger partial charge is 0.463 e. The SMILES string of the molecule is CCCCCC(=O)c1ccc(CCCCC(C)(COC(C)=O)NC(C)=O)cc1. The standard InChI is InChI=1S/C23H35NO4/c1-5-6-7-11-22(27)21-14-12-20(13-15-21)10-8-9-16-23(4,24-18(2)25)17-28-19(3)26/h12-15H,5-11,16-17H2,1-4H3,(H,24,25). The molecule has 1 aromatic rings. The van der Waals surface area contributed by atoms with Gasteiger partial charge in [-0.15, -0.1) is 0 Å². The molecule has 0 spiro atoms. The van der Waals surface area contributed by atoms with Crippen LogP contribution in [0.2, 0.25) is 0 Å². The van der Waals surface area contributed by atoms with E-state index in [-0.39, 0.29) is 24.3 Å². The molecule has 1 amide bonds. The smallest absolute Gasteiger partial charge is 0.302 e. The Labute approximate surface area is 169 Å². The average molecular weight is 390 g/mol. The molecule has 0 radical (unpaired) electrons. The van der Waals surface area contributed by atoms with Gasteiger partial charge in [0.25, 0.3) is 0 Å². The molecule has 1 N–H and O–H groups in total. The normalized spacial score (nSPS) is 12.9. The van der Waals surface area contributed by atoms with Crippen molar-refractivity contribution in [3.63, 3.8) is 0 Å². The van der Waals surface area contributed by atoms with E-state index in [2.05, 4.69) is 12.2 Å². The predicted molar refractivity (Wildman–Crippen MR) is 111 cm³/mol. The summed E-state index contributed by atoms with van der Waals surface area (Å²) in [5.41, 5.74) is 1.44. The zero-order chi connectivity index (χ0) is 21.0. The molecule has 0 bridgehead atoms.